The van der Waals surface area contributed by atoms with E-state index in [9.17, 15) is 4.79 Å². The molecule has 2 heterocycles. The van der Waals surface area contributed by atoms with Crippen molar-refractivity contribution >= 4 is 193 Å². The number of nitrogens with two attached hydrogens (primary N) is 1. The van der Waals surface area contributed by atoms with Crippen LogP contribution in [0.3, 0.4) is 0 Å². The van der Waals surface area contributed by atoms with Gasteiger partial charge in [-0.1, -0.05) is 478 Å². The summed E-state index contributed by atoms with van der Waals surface area (Å²) in [6.07, 6.45) is 4.88. The van der Waals surface area contributed by atoms with Crippen LogP contribution in [-0.2, 0) is 22.4 Å². The van der Waals surface area contributed by atoms with Crippen LogP contribution >= 0.6 is 15.9 Å². The first kappa shape index (κ1) is 91.9. The van der Waals surface area contributed by atoms with Gasteiger partial charge in [0.2, 0.25) is 0 Å². The van der Waals surface area contributed by atoms with Crippen molar-refractivity contribution in [1.82, 2.24) is 10.4 Å². The van der Waals surface area contributed by atoms with E-state index in [0.29, 0.717) is 12.2 Å². The first-order valence-corrected chi connectivity index (χ1v) is 47.7. The molecule has 9 nitrogen and oxygen atoms in total. The number of carbonyl (C=O) groups excluding carboxylic acids is 1. The predicted molar refractivity (Wildman–Crippen MR) is 600 cm³/mol. The first-order valence-electron chi connectivity index (χ1n) is 47.9. The van der Waals surface area contributed by atoms with Crippen LogP contribution in [0.5, 0.6) is 0 Å². The number of rotatable bonds is 11. The molecule has 0 atom stereocenters. The fraction of sp³-hybridized carbons (Fsp3) is 0.0703. The van der Waals surface area contributed by atoms with Gasteiger partial charge in [0.15, 0.2) is 0 Å². The van der Waals surface area contributed by atoms with Crippen molar-refractivity contribution in [2.24, 2.45) is 16.0 Å². The highest BCUT2D eigenvalue weighted by Crippen LogP contribution is 2.44. The summed E-state index contributed by atoms with van der Waals surface area (Å²) in [5, 5.41) is 40.2. The molecule has 3 radical (unpaired) electrons. The summed E-state index contributed by atoms with van der Waals surface area (Å²) >= 11 is 3.62. The number of aromatic amines is 1. The number of nitrogens with zero attached hydrogens (tertiary/aromatic N) is 2. The van der Waals surface area contributed by atoms with Crippen molar-refractivity contribution < 1.29 is 12.5 Å². The Morgan fingerprint density at radius 1 is 0.317 bits per heavy atom. The van der Waals surface area contributed by atoms with Crippen LogP contribution in [0.25, 0.3) is 140 Å². The maximum Gasteiger partial charge on any atom is 0.137 e. The molecule has 1 fully saturated rings. The van der Waals surface area contributed by atoms with Gasteiger partial charge in [0.1, 0.15) is 5.78 Å². The smallest absolute Gasteiger partial charge is 0.137 e. The summed E-state index contributed by atoms with van der Waals surface area (Å²) in [5.74, 6) is 5.97. The van der Waals surface area contributed by atoms with Gasteiger partial charge < -0.3 is 9.72 Å². The summed E-state index contributed by atoms with van der Waals surface area (Å²) in [5.41, 5.74) is 25.2. The first-order chi connectivity index (χ1) is 68.8. The molecule has 11 heteroatoms. The lowest BCUT2D eigenvalue weighted by Gasteiger charge is -2.16. The summed E-state index contributed by atoms with van der Waals surface area (Å²) in [6, 6.07) is 167. The van der Waals surface area contributed by atoms with Gasteiger partial charge in [0, 0.05) is 96.6 Å². The van der Waals surface area contributed by atoms with Gasteiger partial charge >= 0.3 is 0 Å². The molecule has 0 amide bonds. The molecule has 0 spiro atoms. The number of ether oxygens (including phenoxy) is 1. The average Bonchev–Trinajstić information content (AvgIpc) is 1.55. The Kier molecular flexibility index (Phi) is 29.4. The highest BCUT2D eigenvalue weighted by molar-refractivity contribution is 9.10. The molecule has 1 saturated heterocycles. The van der Waals surface area contributed by atoms with Gasteiger partial charge in [0.25, 0.3) is 0 Å². The van der Waals surface area contributed by atoms with E-state index in [1.54, 1.807) is 0 Å². The Labute approximate surface area is 824 Å². The van der Waals surface area contributed by atoms with Crippen LogP contribution in [0.1, 0.15) is 80.2 Å². The number of H-pyrrole nitrogens is 1. The number of fused-ring (bicyclic) bond motifs is 24. The molecule has 26 rings (SSSR count). The van der Waals surface area contributed by atoms with E-state index >= 15 is 0 Å². The Bertz CT molecular complexity index is 8130. The standard InChI is InChI=1S/2C31H22N2.C24H15N.C14H9Br.C13H14N2.C10H10O.C4H8O.CH4.B.H2/c2*1-3-12-23(13-4-1)31(24-14-5-2-6-15-24)33-32-30-21-29-25-16-8-7-11-22(25)19-20-27(29)26-17-9-10-18-28(26)30;1-2-8-16-15(7-1)13-14-21-22(16)23-19-11-5-3-9-17(19)18-10-4-6-12-20(18)24(23)25-21;15-14-9-10-5-1-2-6-11(10)12-7-3-4-8-13(12)14;14-15-13(11-7-3-1-4-8-11)12-9-5-2-6-10-12;11-10-6-5-8-3-1-2-4-9(8)7-10;1-2-4-5-3-1;;;/h2*1-21,32H;1-14,25H;1-9H;1-10,13,15H,14H2;1-4H,5-7H2;1-4H2;1H4;;1H/i;;;;;;;;;1+1D. The lowest BCUT2D eigenvalue weighted by molar-refractivity contribution is -0.118. The summed E-state index contributed by atoms with van der Waals surface area (Å²) in [4.78, 5) is 14.7. The molecule has 1 aliphatic carbocycles. The van der Waals surface area contributed by atoms with E-state index in [1.807, 2.05) is 127 Å². The minimum Gasteiger partial charge on any atom is -0.381 e. The topological polar surface area (TPSA) is 129 Å². The average molecular weight is 1870 g/mol. The largest absolute Gasteiger partial charge is 0.381 e. The second-order valence-corrected chi connectivity index (χ2v) is 35.2. The van der Waals surface area contributed by atoms with Crippen molar-refractivity contribution in [3.63, 3.8) is 0 Å². The molecular formula is C128H106BBrN7O2. The number of hydrogen-bond donors (Lipinski definition) is 5. The molecule has 1 aliphatic heterocycles. The lowest BCUT2D eigenvalue weighted by Crippen LogP contribution is -2.28. The van der Waals surface area contributed by atoms with Crippen molar-refractivity contribution in [2.45, 2.75) is 45.6 Å². The molecule has 0 saturated carbocycles. The number of hydrogen-bond acceptors (Lipinski definition) is 8. The number of ketones is 1. The highest BCUT2D eigenvalue weighted by atomic mass is 79.9. The predicted octanol–water partition coefficient (Wildman–Crippen LogP) is 32.8. The van der Waals surface area contributed by atoms with Gasteiger partial charge in [-0.25, -0.2) is 5.43 Å². The zero-order valence-electron chi connectivity index (χ0n) is 78.4. The van der Waals surface area contributed by atoms with Gasteiger partial charge in [-0.05, 0) is 168 Å². The molecule has 23 aromatic carbocycles. The summed E-state index contributed by atoms with van der Waals surface area (Å²) < 4.78 is 16.1. The second-order valence-electron chi connectivity index (χ2n) is 34.3. The number of anilines is 2. The van der Waals surface area contributed by atoms with E-state index in [2.05, 4.69) is 389 Å². The highest BCUT2D eigenvalue weighted by Gasteiger charge is 2.20. The Morgan fingerprint density at radius 2 is 0.640 bits per heavy atom. The SMILES string of the molecule is Brc1cc2ccccc2c2ccccc12.C.C1CCOC1.NNC(c1ccccc1)c1ccccc1.O=C1CCc2ccccc2C1.[2H][2H].[B].c1ccc(C(=NNc2cc3c4ccccc4ccc3c3ccccc23)c2ccccc2)cc1.c1ccc(C(=NNc2cc3c4ccccc4ccc3c3ccccc23)c2ccccc2)cc1.c1ccc2c(c1)ccc1[nH]c3c4ccccc4c4ccccc4c3c12. The number of nitrogens with one attached hydrogen (secondary N) is 4. The molecule has 2 aliphatic rings. The van der Waals surface area contributed by atoms with Gasteiger partial charge in [-0.2, -0.15) is 10.2 Å². The third-order valence-corrected chi connectivity index (χ3v) is 26.5. The van der Waals surface area contributed by atoms with E-state index in [-0.39, 0.29) is 21.9 Å². The zero-order valence-corrected chi connectivity index (χ0v) is 78.0. The fourth-order valence-corrected chi connectivity index (χ4v) is 19.8. The van der Waals surface area contributed by atoms with Crippen LogP contribution in [0.15, 0.2) is 494 Å². The number of aryl methyl sites for hydroxylation is 1. The van der Waals surface area contributed by atoms with Crippen LogP contribution in [-0.4, -0.2) is 43.8 Å². The fourth-order valence-electron chi connectivity index (χ4n) is 19.2. The van der Waals surface area contributed by atoms with E-state index in [1.165, 1.54) is 165 Å². The summed E-state index contributed by atoms with van der Waals surface area (Å²) in [6.45, 7) is 2.00. The number of halogens is 1. The van der Waals surface area contributed by atoms with Crippen LogP contribution < -0.4 is 22.1 Å². The molecule has 675 valence electrons. The Morgan fingerprint density at radius 3 is 1.08 bits per heavy atom. The van der Waals surface area contributed by atoms with Crippen molar-refractivity contribution in [3.8, 4) is 0 Å². The Hall–Kier alpha value is -16.2. The van der Waals surface area contributed by atoms with Gasteiger partial charge in [-0.3, -0.25) is 21.5 Å². The van der Waals surface area contributed by atoms with Gasteiger partial charge in [-0.15, -0.1) is 0 Å². The number of carbonyl (C=O) groups is 1. The normalized spacial score (nSPS) is 11.9. The van der Waals surface area contributed by atoms with Crippen molar-refractivity contribution in [2.75, 3.05) is 24.1 Å². The molecule has 24 aromatic rings. The molecule has 0 unspecified atom stereocenters. The third kappa shape index (κ3) is 20.7. The Balaban J connectivity index is 0.000000119. The monoisotopic (exact) mass is 1860 g/mol. The van der Waals surface area contributed by atoms with Crippen molar-refractivity contribution in [3.05, 3.63) is 528 Å². The minimum atomic E-state index is 0. The van der Waals surface area contributed by atoms with Crippen LogP contribution in [0, 0.1) is 0 Å². The number of Topliss-reactive ketones (excluding diaryl/α,β-unsaturated/α-hetero) is 1. The van der Waals surface area contributed by atoms with Crippen LogP contribution in [0.4, 0.5) is 11.4 Å². The number of hydrazone groups is 2. The second kappa shape index (κ2) is 44.5. The molecule has 0 bridgehead atoms. The molecule has 6 N–H and O–H groups in total. The molecular weight excluding hydrogens is 1760 g/mol. The van der Waals surface area contributed by atoms with E-state index < -0.39 is 0 Å². The molecule has 1 aromatic heterocycles. The lowest BCUT2D eigenvalue weighted by atomic mass is 9.91. The minimum absolute atomic E-state index is 0. The number of benzene rings is 23. The molecule has 139 heavy (non-hydrogen) atoms. The van der Waals surface area contributed by atoms with Gasteiger partial charge in [0.05, 0.1) is 34.4 Å². The van der Waals surface area contributed by atoms with Crippen molar-refractivity contribution in [1.29, 1.82) is 0 Å². The maximum absolute atomic E-state index is 11.0. The summed E-state index contributed by atoms with van der Waals surface area (Å²) in [7, 11) is 0. The third-order valence-electron chi connectivity index (χ3n) is 25.8. The van der Waals surface area contributed by atoms with Crippen LogP contribution in [0.2, 0.25) is 0 Å². The quantitative estimate of drug-likeness (QED) is 0.0288. The number of aromatic nitrogens is 1. The maximum atomic E-state index is 11.0. The van der Waals surface area contributed by atoms with E-state index in [0.717, 1.165) is 86.4 Å². The zero-order chi connectivity index (χ0) is 94.4. The number of hydrazine groups is 1. The van der Waals surface area contributed by atoms with E-state index in [4.69, 9.17) is 23.8 Å².